The van der Waals surface area contributed by atoms with Crippen LogP contribution in [0.1, 0.15) is 294 Å². The fraction of sp³-hybridized carbons (Fsp3) is 0.688. The fourth-order valence-electron chi connectivity index (χ4n) is 8.84. The van der Waals surface area contributed by atoms with E-state index >= 15 is 0 Å². The van der Waals surface area contributed by atoms with Gasteiger partial charge in [-0.25, -0.2) is 4.70 Å². The summed E-state index contributed by atoms with van der Waals surface area (Å²) in [5, 5.41) is 0. The maximum absolute atomic E-state index is 11.6. The van der Waals surface area contributed by atoms with Crippen molar-refractivity contribution in [2.45, 2.75) is 285 Å². The smallest absolute Gasteiger partial charge is 0.493 e. The molecule has 0 saturated heterocycles. The van der Waals surface area contributed by atoms with Crippen molar-refractivity contribution in [3.05, 3.63) is 102 Å². The molecule has 0 saturated carbocycles. The standard InChI is InChI=1S/C46H68N2.2C9H19.Ni/c1-4-7-10-11-12-13-14-15-16-17-18-19-20-21-22-23-24-25-26-27-32-41-33-28-29-34-44(41)46-43(31-9-6-3)39-45(48(46)47)42-37-35-40(36-38-42)30-8-5-2;2*1-3-5-7-9-8-6-4-2;/h28-29,33-39H,4-23,26-27,30-32H2,1-3H3;2*1,3-9H2,2H3;/q;2*-1;+2. The number of unbranched alkanes of at least 4 members (excludes halogenated alkanes) is 30. The Bertz CT molecular complexity index is 1510. The Kier molecular flexibility index (Phi) is 46.8. The van der Waals surface area contributed by atoms with Gasteiger partial charge >= 0.3 is 16.5 Å². The van der Waals surface area contributed by atoms with Crippen LogP contribution in [0.25, 0.3) is 16.9 Å². The third kappa shape index (κ3) is 33.7. The summed E-state index contributed by atoms with van der Waals surface area (Å²) >= 11 is 0. The summed E-state index contributed by atoms with van der Waals surface area (Å²) in [7, 11) is 0. The fourth-order valence-corrected chi connectivity index (χ4v) is 8.84. The Morgan fingerprint density at radius 1 is 0.433 bits per heavy atom. The van der Waals surface area contributed by atoms with Crippen LogP contribution in [0.4, 0.5) is 0 Å². The number of rotatable bonds is 38. The first-order valence-corrected chi connectivity index (χ1v) is 28.7. The molecule has 2 aromatic carbocycles. The summed E-state index contributed by atoms with van der Waals surface area (Å²) < 4.78 is 1.46. The number of nitrogens with zero attached hydrogens (tertiary/aromatic N) is 2. The van der Waals surface area contributed by atoms with Crippen LogP contribution in [-0.4, -0.2) is 4.70 Å². The first-order valence-electron chi connectivity index (χ1n) is 28.7. The Morgan fingerprint density at radius 2 is 0.836 bits per heavy atom. The van der Waals surface area contributed by atoms with Crippen molar-refractivity contribution < 1.29 is 21.2 Å². The van der Waals surface area contributed by atoms with E-state index in [0.29, 0.717) is 0 Å². The van der Waals surface area contributed by atoms with Crippen LogP contribution in [0.5, 0.6) is 0 Å². The molecule has 0 aromatic heterocycles. The molecule has 3 heteroatoms. The van der Waals surface area contributed by atoms with Crippen LogP contribution >= 0.6 is 0 Å². The molecule has 1 aliphatic rings. The molecule has 0 N–H and O–H groups in total. The summed E-state index contributed by atoms with van der Waals surface area (Å²) in [6.45, 7) is 18.9. The van der Waals surface area contributed by atoms with E-state index in [0.717, 1.165) is 86.7 Å². The Morgan fingerprint density at radius 3 is 1.30 bits per heavy atom. The van der Waals surface area contributed by atoms with Gasteiger partial charge < -0.3 is 19.4 Å². The van der Waals surface area contributed by atoms with Crippen LogP contribution in [0.2, 0.25) is 0 Å². The predicted octanol–water partition coefficient (Wildman–Crippen LogP) is 21.7. The SMILES string of the molecule is CCCCCCCCCCCCCCCCCC#CCCCc1ccccc1C1=C(CCCC)C=C(c2ccc(CCCC)cc2)[N+]1=[N-].[CH2-]CCCCCCCC.[CH2-]CCCCCCCC.[Ni+2]. The zero-order valence-electron chi connectivity index (χ0n) is 44.9. The molecule has 67 heavy (non-hydrogen) atoms. The minimum Gasteiger partial charge on any atom is -0.493 e. The second-order valence-corrected chi connectivity index (χ2v) is 19.4. The quantitative estimate of drug-likeness (QED) is 0.0211. The molecule has 0 aliphatic carbocycles. The van der Waals surface area contributed by atoms with Gasteiger partial charge in [0.05, 0.1) is 0 Å². The zero-order chi connectivity index (χ0) is 48.0. The maximum atomic E-state index is 11.6. The Hall–Kier alpha value is -2.43. The summed E-state index contributed by atoms with van der Waals surface area (Å²) in [6.07, 6.45) is 52.9. The van der Waals surface area contributed by atoms with Crippen molar-refractivity contribution in [1.82, 2.24) is 0 Å². The summed E-state index contributed by atoms with van der Waals surface area (Å²) in [5.41, 5.74) is 19.6. The molecule has 1 aliphatic heterocycles. The molecular weight excluding hydrogens is 855 g/mol. The second-order valence-electron chi connectivity index (χ2n) is 19.4. The van der Waals surface area contributed by atoms with Gasteiger partial charge in [0.25, 0.3) is 0 Å². The van der Waals surface area contributed by atoms with Crippen LogP contribution < -0.4 is 0 Å². The van der Waals surface area contributed by atoms with Crippen LogP contribution in [0, 0.1) is 25.7 Å². The molecule has 0 fully saturated rings. The van der Waals surface area contributed by atoms with Gasteiger partial charge in [-0.15, -0.1) is 11.8 Å². The molecule has 382 valence electrons. The van der Waals surface area contributed by atoms with E-state index < -0.39 is 0 Å². The van der Waals surface area contributed by atoms with Gasteiger partial charge in [-0.2, -0.15) is 12.8 Å². The van der Waals surface area contributed by atoms with Crippen molar-refractivity contribution in [3.63, 3.8) is 0 Å². The van der Waals surface area contributed by atoms with Crippen molar-refractivity contribution in [1.29, 1.82) is 0 Å². The summed E-state index contributed by atoms with van der Waals surface area (Å²) in [4.78, 5) is 0. The largest absolute Gasteiger partial charge is 2.00 e. The minimum atomic E-state index is 0. The molecule has 0 spiro atoms. The Labute approximate surface area is 429 Å². The minimum absolute atomic E-state index is 0. The van der Waals surface area contributed by atoms with Crippen LogP contribution in [-0.2, 0) is 29.3 Å². The molecule has 2 nitrogen and oxygen atoms in total. The summed E-state index contributed by atoms with van der Waals surface area (Å²) in [5.74, 6) is 6.90. The molecular formula is C64H106N2Ni. The third-order valence-corrected chi connectivity index (χ3v) is 13.2. The van der Waals surface area contributed by atoms with Crippen molar-refractivity contribution in [2.24, 2.45) is 0 Å². The van der Waals surface area contributed by atoms with Gasteiger partial charge in [-0.1, -0.05) is 245 Å². The first-order chi connectivity index (χ1) is 32.5. The van der Waals surface area contributed by atoms with Crippen LogP contribution in [0.3, 0.4) is 0 Å². The van der Waals surface area contributed by atoms with E-state index in [1.165, 1.54) is 208 Å². The molecule has 2 aromatic rings. The van der Waals surface area contributed by atoms with E-state index in [1.54, 1.807) is 0 Å². The van der Waals surface area contributed by atoms with E-state index in [-0.39, 0.29) is 16.5 Å². The number of hydrogen-bond acceptors (Lipinski definition) is 0. The van der Waals surface area contributed by atoms with Gasteiger partial charge in [0.2, 0.25) is 11.4 Å². The zero-order valence-corrected chi connectivity index (χ0v) is 45.9. The number of aryl methyl sites for hydroxylation is 2. The Balaban J connectivity index is 0.00000192. The van der Waals surface area contributed by atoms with Crippen molar-refractivity contribution >= 4 is 11.4 Å². The molecule has 0 atom stereocenters. The number of hydrogen-bond donors (Lipinski definition) is 0. The molecule has 0 unspecified atom stereocenters. The topological polar surface area (TPSA) is 25.3 Å². The first kappa shape index (κ1) is 64.6. The molecule has 0 bridgehead atoms. The van der Waals surface area contributed by atoms with Crippen LogP contribution in [0.15, 0.2) is 60.2 Å². The van der Waals surface area contributed by atoms with E-state index in [4.69, 9.17) is 0 Å². The maximum Gasteiger partial charge on any atom is 2.00 e. The normalized spacial score (nSPS) is 11.9. The molecule has 0 amide bonds. The van der Waals surface area contributed by atoms with E-state index in [9.17, 15) is 5.53 Å². The average molecular weight is 962 g/mol. The predicted molar refractivity (Wildman–Crippen MR) is 296 cm³/mol. The van der Waals surface area contributed by atoms with Gasteiger partial charge in [-0.05, 0) is 74.3 Å². The van der Waals surface area contributed by atoms with Gasteiger partial charge in [0.15, 0.2) is 0 Å². The average Bonchev–Trinajstić information content (AvgIpc) is 3.67. The number of allylic oxidation sites excluding steroid dienone is 2. The van der Waals surface area contributed by atoms with E-state index in [2.05, 4.69) is 115 Å². The molecule has 3 rings (SSSR count). The van der Waals surface area contributed by atoms with Gasteiger partial charge in [0.1, 0.15) is 0 Å². The third-order valence-electron chi connectivity index (χ3n) is 13.2. The van der Waals surface area contributed by atoms with Gasteiger partial charge in [0, 0.05) is 35.6 Å². The van der Waals surface area contributed by atoms with Crippen molar-refractivity contribution in [2.75, 3.05) is 0 Å². The number of benzene rings is 2. The summed E-state index contributed by atoms with van der Waals surface area (Å²) in [6, 6.07) is 17.4. The van der Waals surface area contributed by atoms with E-state index in [1.807, 2.05) is 0 Å². The monoisotopic (exact) mass is 961 g/mol. The second kappa shape index (κ2) is 48.6. The molecule has 1 heterocycles. The molecule has 0 radical (unpaired) electrons. The van der Waals surface area contributed by atoms with Gasteiger partial charge in [-0.3, -0.25) is 0 Å². The van der Waals surface area contributed by atoms with Crippen molar-refractivity contribution in [3.8, 4) is 11.8 Å².